The summed E-state index contributed by atoms with van der Waals surface area (Å²) in [5, 5.41) is 1.21. The zero-order valence-electron chi connectivity index (χ0n) is 16.7. The predicted octanol–water partition coefficient (Wildman–Crippen LogP) is 3.83. The maximum Gasteiger partial charge on any atom is 0.0799 e. The van der Waals surface area contributed by atoms with E-state index >= 15 is 0 Å². The molecule has 2 fully saturated rings. The Kier molecular flexibility index (Phi) is 4.57. The van der Waals surface area contributed by atoms with Gasteiger partial charge in [-0.05, 0) is 37.1 Å². The number of nitrogens with zero attached hydrogens (tertiary/aromatic N) is 3. The van der Waals surface area contributed by atoms with E-state index in [1.165, 1.54) is 27.8 Å². The van der Waals surface area contributed by atoms with Crippen LogP contribution in [0.2, 0.25) is 0 Å². The van der Waals surface area contributed by atoms with Crippen molar-refractivity contribution in [2.24, 2.45) is 5.92 Å². The fourth-order valence-electron chi connectivity index (χ4n) is 4.36. The van der Waals surface area contributed by atoms with Crippen LogP contribution in [-0.2, 0) is 11.3 Å². The van der Waals surface area contributed by atoms with Crippen LogP contribution in [0.3, 0.4) is 0 Å². The van der Waals surface area contributed by atoms with Crippen molar-refractivity contribution < 1.29 is 4.74 Å². The van der Waals surface area contributed by atoms with Gasteiger partial charge < -0.3 is 14.6 Å². The van der Waals surface area contributed by atoms with Crippen LogP contribution in [0.25, 0.3) is 22.2 Å². The molecule has 1 N–H and O–H groups in total. The van der Waals surface area contributed by atoms with Gasteiger partial charge in [0.2, 0.25) is 0 Å². The SMILES string of the molecule is Cc1cc2[nH]c(CN3CCOCC3)cc2c(-c2ccc(N3CC(C)C3)cc2)n1. The number of aromatic nitrogens is 2. The topological polar surface area (TPSA) is 44.4 Å². The summed E-state index contributed by atoms with van der Waals surface area (Å²) in [6, 6.07) is 13.3. The molecule has 0 saturated carbocycles. The van der Waals surface area contributed by atoms with Gasteiger partial charge in [0, 0.05) is 66.3 Å². The van der Waals surface area contributed by atoms with E-state index < -0.39 is 0 Å². The summed E-state index contributed by atoms with van der Waals surface area (Å²) < 4.78 is 5.47. The largest absolute Gasteiger partial charge is 0.379 e. The smallest absolute Gasteiger partial charge is 0.0799 e. The lowest BCUT2D eigenvalue weighted by Gasteiger charge is -2.39. The van der Waals surface area contributed by atoms with Crippen molar-refractivity contribution in [3.05, 3.63) is 47.8 Å². The van der Waals surface area contributed by atoms with Crippen LogP contribution < -0.4 is 4.90 Å². The average Bonchev–Trinajstić information content (AvgIpc) is 3.08. The van der Waals surface area contributed by atoms with E-state index in [0.717, 1.165) is 63.2 Å². The van der Waals surface area contributed by atoms with E-state index in [2.05, 4.69) is 65.0 Å². The molecular weight excluding hydrogens is 348 g/mol. The number of aryl methyl sites for hydroxylation is 1. The number of anilines is 1. The predicted molar refractivity (Wildman–Crippen MR) is 114 cm³/mol. The third-order valence-electron chi connectivity index (χ3n) is 5.87. The third-order valence-corrected chi connectivity index (χ3v) is 5.87. The number of morpholine rings is 1. The lowest BCUT2D eigenvalue weighted by molar-refractivity contribution is 0.0337. The van der Waals surface area contributed by atoms with Crippen molar-refractivity contribution in [2.45, 2.75) is 20.4 Å². The molecule has 4 heterocycles. The van der Waals surface area contributed by atoms with Crippen LogP contribution in [0, 0.1) is 12.8 Å². The molecule has 2 aliphatic rings. The number of H-pyrrole nitrogens is 1. The molecule has 0 amide bonds. The fourth-order valence-corrected chi connectivity index (χ4v) is 4.36. The standard InChI is InChI=1S/C23H28N4O/c1-16-13-27(14-16)20-5-3-18(4-6-20)23-21-12-19(15-26-7-9-28-10-8-26)25-22(21)11-17(2)24-23/h3-6,11-12,16,25H,7-10,13-15H2,1-2H3. The highest BCUT2D eigenvalue weighted by atomic mass is 16.5. The van der Waals surface area contributed by atoms with Gasteiger partial charge in [0.15, 0.2) is 0 Å². The van der Waals surface area contributed by atoms with Crippen molar-refractivity contribution >= 4 is 16.6 Å². The number of nitrogens with one attached hydrogen (secondary N) is 1. The third kappa shape index (κ3) is 3.40. The average molecular weight is 377 g/mol. The van der Waals surface area contributed by atoms with Gasteiger partial charge in [-0.3, -0.25) is 9.88 Å². The minimum atomic E-state index is 0.808. The Hall–Kier alpha value is -2.37. The number of benzene rings is 1. The second kappa shape index (κ2) is 7.22. The molecule has 0 atom stereocenters. The molecule has 28 heavy (non-hydrogen) atoms. The first-order valence-corrected chi connectivity index (χ1v) is 10.3. The zero-order valence-corrected chi connectivity index (χ0v) is 16.7. The Labute approximate surface area is 166 Å². The lowest BCUT2D eigenvalue weighted by atomic mass is 10.0. The summed E-state index contributed by atoms with van der Waals surface area (Å²) in [6.45, 7) is 11.3. The van der Waals surface area contributed by atoms with Crippen LogP contribution in [0.15, 0.2) is 36.4 Å². The highest BCUT2D eigenvalue weighted by molar-refractivity contribution is 5.94. The van der Waals surface area contributed by atoms with E-state index in [9.17, 15) is 0 Å². The van der Waals surface area contributed by atoms with Gasteiger partial charge in [-0.1, -0.05) is 19.1 Å². The van der Waals surface area contributed by atoms with Gasteiger partial charge in [-0.15, -0.1) is 0 Å². The first-order valence-electron chi connectivity index (χ1n) is 10.3. The van der Waals surface area contributed by atoms with Crippen molar-refractivity contribution in [1.82, 2.24) is 14.9 Å². The summed E-state index contributed by atoms with van der Waals surface area (Å²) in [6.07, 6.45) is 0. The molecule has 2 aliphatic heterocycles. The normalized spacial score (nSPS) is 18.6. The summed E-state index contributed by atoms with van der Waals surface area (Å²) in [5.74, 6) is 0.808. The Morgan fingerprint density at radius 3 is 2.57 bits per heavy atom. The molecule has 5 heteroatoms. The second-order valence-corrected chi connectivity index (χ2v) is 8.31. The first kappa shape index (κ1) is 17.7. The van der Waals surface area contributed by atoms with Crippen molar-refractivity contribution in [3.63, 3.8) is 0 Å². The van der Waals surface area contributed by atoms with Crippen LogP contribution in [0.5, 0.6) is 0 Å². The number of pyridine rings is 1. The van der Waals surface area contributed by atoms with Gasteiger partial charge in [0.25, 0.3) is 0 Å². The molecule has 2 aromatic heterocycles. The number of ether oxygens (including phenoxy) is 1. The number of rotatable bonds is 4. The molecule has 0 unspecified atom stereocenters. The molecule has 146 valence electrons. The molecule has 0 bridgehead atoms. The Balaban J connectivity index is 1.44. The second-order valence-electron chi connectivity index (χ2n) is 8.31. The highest BCUT2D eigenvalue weighted by Crippen LogP contribution is 2.31. The number of hydrogen-bond acceptors (Lipinski definition) is 4. The molecule has 0 aliphatic carbocycles. The maximum absolute atomic E-state index is 5.47. The van der Waals surface area contributed by atoms with Gasteiger partial charge in [0.1, 0.15) is 0 Å². The minimum absolute atomic E-state index is 0.808. The lowest BCUT2D eigenvalue weighted by Crippen LogP contribution is -2.45. The summed E-state index contributed by atoms with van der Waals surface area (Å²) in [7, 11) is 0. The summed E-state index contributed by atoms with van der Waals surface area (Å²) in [5.41, 5.74) is 7.03. The molecule has 5 rings (SSSR count). The van der Waals surface area contributed by atoms with E-state index in [1.54, 1.807) is 0 Å². The van der Waals surface area contributed by atoms with E-state index in [4.69, 9.17) is 9.72 Å². The minimum Gasteiger partial charge on any atom is -0.379 e. The Morgan fingerprint density at radius 2 is 1.86 bits per heavy atom. The summed E-state index contributed by atoms with van der Waals surface area (Å²) >= 11 is 0. The van der Waals surface area contributed by atoms with Crippen LogP contribution in [0.4, 0.5) is 5.69 Å². The molecule has 0 spiro atoms. The molecule has 0 radical (unpaired) electrons. The highest BCUT2D eigenvalue weighted by Gasteiger charge is 2.22. The van der Waals surface area contributed by atoms with Crippen LogP contribution in [-0.4, -0.2) is 54.3 Å². The fraction of sp³-hybridized carbons (Fsp3) is 0.435. The molecule has 1 aromatic carbocycles. The van der Waals surface area contributed by atoms with Crippen LogP contribution in [0.1, 0.15) is 18.3 Å². The Morgan fingerprint density at radius 1 is 1.11 bits per heavy atom. The molecule has 5 nitrogen and oxygen atoms in total. The van der Waals surface area contributed by atoms with E-state index in [1.807, 2.05) is 0 Å². The van der Waals surface area contributed by atoms with Crippen molar-refractivity contribution in [1.29, 1.82) is 0 Å². The van der Waals surface area contributed by atoms with E-state index in [-0.39, 0.29) is 0 Å². The van der Waals surface area contributed by atoms with E-state index in [0.29, 0.717) is 0 Å². The first-order chi connectivity index (χ1) is 13.7. The van der Waals surface area contributed by atoms with Crippen LogP contribution >= 0.6 is 0 Å². The Bertz CT molecular complexity index is 966. The van der Waals surface area contributed by atoms with Gasteiger partial charge in [-0.25, -0.2) is 0 Å². The number of aromatic amines is 1. The quantitative estimate of drug-likeness (QED) is 0.752. The van der Waals surface area contributed by atoms with Gasteiger partial charge >= 0.3 is 0 Å². The van der Waals surface area contributed by atoms with Gasteiger partial charge in [0.05, 0.1) is 18.9 Å². The summed E-state index contributed by atoms with van der Waals surface area (Å²) in [4.78, 5) is 13.4. The molecule has 3 aromatic rings. The monoisotopic (exact) mass is 376 g/mol. The van der Waals surface area contributed by atoms with Crippen molar-refractivity contribution in [2.75, 3.05) is 44.3 Å². The molecular formula is C23H28N4O. The number of hydrogen-bond donors (Lipinski definition) is 1. The number of fused-ring (bicyclic) bond motifs is 1. The zero-order chi connectivity index (χ0) is 19.1. The molecule has 2 saturated heterocycles. The van der Waals surface area contributed by atoms with Gasteiger partial charge in [-0.2, -0.15) is 0 Å². The van der Waals surface area contributed by atoms with Crippen molar-refractivity contribution in [3.8, 4) is 11.3 Å². The maximum atomic E-state index is 5.47.